The fraction of sp³-hybridized carbons (Fsp3) is 0.538. The maximum Gasteiger partial charge on any atom is 0.289 e. The van der Waals surface area contributed by atoms with Gasteiger partial charge in [-0.2, -0.15) is 0 Å². The number of rotatable bonds is 4. The third-order valence-electron chi connectivity index (χ3n) is 3.38. The molecule has 0 amide bonds. The van der Waals surface area contributed by atoms with Gasteiger partial charge in [0, 0.05) is 35.7 Å². The summed E-state index contributed by atoms with van der Waals surface area (Å²) in [5.74, 6) is -3.24. The molecule has 3 nitrogen and oxygen atoms in total. The summed E-state index contributed by atoms with van der Waals surface area (Å²) in [4.78, 5) is 1.67. The molecule has 0 radical (unpaired) electrons. The molecule has 112 valence electrons. The van der Waals surface area contributed by atoms with Crippen molar-refractivity contribution < 1.29 is 13.9 Å². The van der Waals surface area contributed by atoms with Crippen LogP contribution in [0.5, 0.6) is 0 Å². The first kappa shape index (κ1) is 16.1. The molecule has 1 saturated heterocycles. The van der Waals surface area contributed by atoms with Crippen LogP contribution in [0.25, 0.3) is 0 Å². The molecule has 0 unspecified atom stereocenters. The summed E-state index contributed by atoms with van der Waals surface area (Å²) in [6.45, 7) is 1.07. The second kappa shape index (κ2) is 6.66. The molecule has 0 bridgehead atoms. The van der Waals surface area contributed by atoms with Gasteiger partial charge in [-0.15, -0.1) is 0 Å². The SMILES string of the molecule is OCC(F)(F)[C@H](c1ccc(Br)cc1Cl)N1CCNCC1. The first-order valence-electron chi connectivity index (χ1n) is 6.34. The van der Waals surface area contributed by atoms with Gasteiger partial charge in [0.05, 0.1) is 0 Å². The van der Waals surface area contributed by atoms with E-state index in [1.165, 1.54) is 0 Å². The van der Waals surface area contributed by atoms with E-state index >= 15 is 0 Å². The van der Waals surface area contributed by atoms with Crippen LogP contribution in [0.15, 0.2) is 22.7 Å². The molecule has 1 aromatic carbocycles. The van der Waals surface area contributed by atoms with Gasteiger partial charge < -0.3 is 10.4 Å². The summed E-state index contributed by atoms with van der Waals surface area (Å²) >= 11 is 9.38. The number of hydrogen-bond acceptors (Lipinski definition) is 3. The highest BCUT2D eigenvalue weighted by Gasteiger charge is 2.44. The Kier molecular flexibility index (Phi) is 5.36. The third kappa shape index (κ3) is 3.49. The minimum Gasteiger partial charge on any atom is -0.390 e. The Hall–Kier alpha value is -0.270. The van der Waals surface area contributed by atoms with Gasteiger partial charge >= 0.3 is 0 Å². The van der Waals surface area contributed by atoms with Gasteiger partial charge in [-0.3, -0.25) is 4.90 Å². The van der Waals surface area contributed by atoms with Crippen LogP contribution in [0.2, 0.25) is 5.02 Å². The molecule has 0 saturated carbocycles. The summed E-state index contributed by atoms with van der Waals surface area (Å²) < 4.78 is 29.1. The zero-order chi connectivity index (χ0) is 14.8. The van der Waals surface area contributed by atoms with E-state index in [1.54, 1.807) is 23.1 Å². The van der Waals surface area contributed by atoms with Crippen LogP contribution in [-0.2, 0) is 0 Å². The first-order chi connectivity index (χ1) is 9.45. The Balaban J connectivity index is 2.39. The number of benzene rings is 1. The van der Waals surface area contributed by atoms with Gasteiger partial charge in [-0.25, -0.2) is 8.78 Å². The van der Waals surface area contributed by atoms with E-state index in [0.29, 0.717) is 31.7 Å². The molecule has 1 aliphatic rings. The highest BCUT2D eigenvalue weighted by atomic mass is 79.9. The molecule has 1 fully saturated rings. The van der Waals surface area contributed by atoms with E-state index in [9.17, 15) is 8.78 Å². The lowest BCUT2D eigenvalue weighted by Crippen LogP contribution is -2.51. The van der Waals surface area contributed by atoms with Crippen LogP contribution in [0, 0.1) is 0 Å². The molecule has 1 aromatic rings. The Morgan fingerprint density at radius 1 is 1.40 bits per heavy atom. The zero-order valence-electron chi connectivity index (χ0n) is 10.8. The van der Waals surface area contributed by atoms with Crippen LogP contribution in [-0.4, -0.2) is 48.7 Å². The van der Waals surface area contributed by atoms with Crippen LogP contribution < -0.4 is 5.32 Å². The molecule has 2 rings (SSSR count). The second-order valence-corrected chi connectivity index (χ2v) is 6.10. The fourth-order valence-electron chi connectivity index (χ4n) is 2.44. The molecule has 0 aromatic heterocycles. The molecule has 2 N–H and O–H groups in total. The monoisotopic (exact) mass is 368 g/mol. The highest BCUT2D eigenvalue weighted by molar-refractivity contribution is 9.10. The van der Waals surface area contributed by atoms with Gasteiger partial charge in [0.15, 0.2) is 0 Å². The van der Waals surface area contributed by atoms with Crippen LogP contribution in [0.4, 0.5) is 8.78 Å². The molecule has 7 heteroatoms. The molecule has 1 atom stereocenters. The lowest BCUT2D eigenvalue weighted by molar-refractivity contribution is -0.118. The molecule has 1 heterocycles. The largest absolute Gasteiger partial charge is 0.390 e. The number of alkyl halides is 2. The van der Waals surface area contributed by atoms with Crippen molar-refractivity contribution in [1.82, 2.24) is 10.2 Å². The van der Waals surface area contributed by atoms with Crippen LogP contribution >= 0.6 is 27.5 Å². The second-order valence-electron chi connectivity index (χ2n) is 4.77. The maximum atomic E-state index is 14.2. The summed E-state index contributed by atoms with van der Waals surface area (Å²) in [7, 11) is 0. The van der Waals surface area contributed by atoms with Crippen molar-refractivity contribution in [2.24, 2.45) is 0 Å². The van der Waals surface area contributed by atoms with E-state index in [2.05, 4.69) is 21.2 Å². The van der Waals surface area contributed by atoms with E-state index in [4.69, 9.17) is 16.7 Å². The maximum absolute atomic E-state index is 14.2. The van der Waals surface area contributed by atoms with E-state index in [0.717, 1.165) is 4.47 Å². The predicted octanol–water partition coefficient (Wildman–Crippen LogP) is 2.68. The topological polar surface area (TPSA) is 35.5 Å². The number of hydrogen-bond donors (Lipinski definition) is 2. The molecular formula is C13H16BrClF2N2O. The quantitative estimate of drug-likeness (QED) is 0.856. The Bertz CT molecular complexity index is 470. The van der Waals surface area contributed by atoms with Gasteiger partial charge in [-0.1, -0.05) is 33.6 Å². The van der Waals surface area contributed by atoms with E-state index in [1.807, 2.05) is 0 Å². The first-order valence-corrected chi connectivity index (χ1v) is 7.51. The Morgan fingerprint density at radius 3 is 2.60 bits per heavy atom. The normalized spacial score (nSPS) is 19.1. The minimum atomic E-state index is -3.24. The van der Waals surface area contributed by atoms with Crippen molar-refractivity contribution in [2.75, 3.05) is 32.8 Å². The Morgan fingerprint density at radius 2 is 2.05 bits per heavy atom. The lowest BCUT2D eigenvalue weighted by Gasteiger charge is -2.39. The molecular weight excluding hydrogens is 354 g/mol. The molecule has 20 heavy (non-hydrogen) atoms. The van der Waals surface area contributed by atoms with E-state index < -0.39 is 18.6 Å². The average molecular weight is 370 g/mol. The minimum absolute atomic E-state index is 0.274. The number of halogens is 4. The summed E-state index contributed by atoms with van der Waals surface area (Å²) in [5, 5.41) is 12.5. The van der Waals surface area contributed by atoms with Crippen molar-refractivity contribution in [1.29, 1.82) is 0 Å². The van der Waals surface area contributed by atoms with Crippen molar-refractivity contribution in [3.05, 3.63) is 33.3 Å². The van der Waals surface area contributed by atoms with Crippen molar-refractivity contribution in [2.45, 2.75) is 12.0 Å². The van der Waals surface area contributed by atoms with E-state index in [-0.39, 0.29) is 5.02 Å². The standard InChI is InChI=1S/C13H16BrClF2N2O/c14-9-1-2-10(11(15)7-9)12(13(16,17)8-20)19-5-3-18-4-6-19/h1-2,7,12,18,20H,3-6,8H2/t12-/m0/s1. The van der Waals surface area contributed by atoms with Gasteiger partial charge in [0.25, 0.3) is 5.92 Å². The molecule has 0 aliphatic carbocycles. The highest BCUT2D eigenvalue weighted by Crippen LogP contribution is 2.40. The smallest absolute Gasteiger partial charge is 0.289 e. The number of aliphatic hydroxyl groups is 1. The number of nitrogens with one attached hydrogen (secondary N) is 1. The fourth-order valence-corrected chi connectivity index (χ4v) is 3.22. The molecule has 0 spiro atoms. The van der Waals surface area contributed by atoms with Gasteiger partial charge in [-0.05, 0) is 17.7 Å². The number of aliphatic hydroxyl groups excluding tert-OH is 1. The summed E-state index contributed by atoms with van der Waals surface area (Å²) in [5.41, 5.74) is 0.343. The van der Waals surface area contributed by atoms with Gasteiger partial charge in [0.2, 0.25) is 0 Å². The number of piperazine rings is 1. The average Bonchev–Trinajstić information content (AvgIpc) is 2.43. The zero-order valence-corrected chi connectivity index (χ0v) is 13.1. The van der Waals surface area contributed by atoms with Gasteiger partial charge in [0.1, 0.15) is 12.6 Å². The summed E-state index contributed by atoms with van der Waals surface area (Å²) in [6, 6.07) is 3.65. The predicted molar refractivity (Wildman–Crippen MR) is 78.4 cm³/mol. The molecule has 1 aliphatic heterocycles. The van der Waals surface area contributed by atoms with Crippen molar-refractivity contribution in [3.8, 4) is 0 Å². The number of nitrogens with zero attached hydrogens (tertiary/aromatic N) is 1. The lowest BCUT2D eigenvalue weighted by atomic mass is 9.98. The van der Waals surface area contributed by atoms with Crippen molar-refractivity contribution in [3.63, 3.8) is 0 Å². The van der Waals surface area contributed by atoms with Crippen molar-refractivity contribution >= 4 is 27.5 Å². The Labute approximate surface area is 130 Å². The van der Waals surface area contributed by atoms with Crippen LogP contribution in [0.1, 0.15) is 11.6 Å². The third-order valence-corrected chi connectivity index (χ3v) is 4.21. The van der Waals surface area contributed by atoms with Crippen LogP contribution in [0.3, 0.4) is 0 Å². The summed E-state index contributed by atoms with van der Waals surface area (Å²) in [6.07, 6.45) is 0.